The molecular formula is C12H21NO2. The van der Waals surface area contributed by atoms with E-state index in [0.717, 1.165) is 25.7 Å². The minimum atomic E-state index is -0.397. The Morgan fingerprint density at radius 1 is 1.27 bits per heavy atom. The summed E-state index contributed by atoms with van der Waals surface area (Å²) in [4.78, 5) is 11.3. The summed E-state index contributed by atoms with van der Waals surface area (Å²) in [5, 5.41) is 12.3. The quantitative estimate of drug-likeness (QED) is 0.699. The van der Waals surface area contributed by atoms with Gasteiger partial charge in [-0.2, -0.15) is 0 Å². The van der Waals surface area contributed by atoms with E-state index in [4.69, 9.17) is 0 Å². The van der Waals surface area contributed by atoms with Gasteiger partial charge < -0.3 is 10.4 Å². The summed E-state index contributed by atoms with van der Waals surface area (Å²) in [5.74, 6) is -0.176. The Bertz CT molecular complexity index is 218. The van der Waals surface area contributed by atoms with Gasteiger partial charge in [0.1, 0.15) is 0 Å². The summed E-state index contributed by atoms with van der Waals surface area (Å²) in [7, 11) is 0. The molecule has 0 aromatic heterocycles. The number of rotatable bonds is 3. The average Bonchev–Trinajstić information content (AvgIpc) is 2.22. The second kappa shape index (κ2) is 5.91. The summed E-state index contributed by atoms with van der Waals surface area (Å²) in [5.41, 5.74) is -0.397. The molecule has 0 unspecified atom stereocenters. The van der Waals surface area contributed by atoms with E-state index in [-0.39, 0.29) is 12.5 Å². The van der Waals surface area contributed by atoms with Gasteiger partial charge in [-0.05, 0) is 18.9 Å². The molecule has 1 aliphatic carbocycles. The first-order valence-electron chi connectivity index (χ1n) is 5.78. The van der Waals surface area contributed by atoms with E-state index >= 15 is 0 Å². The largest absolute Gasteiger partial charge is 0.394 e. The minimum Gasteiger partial charge on any atom is -0.394 e. The predicted octanol–water partition coefficient (Wildman–Crippen LogP) is 1.76. The molecular weight excluding hydrogens is 190 g/mol. The summed E-state index contributed by atoms with van der Waals surface area (Å²) in [6.45, 7) is 3.47. The van der Waals surface area contributed by atoms with Crippen molar-refractivity contribution in [3.05, 3.63) is 12.7 Å². The third-order valence-corrected chi connectivity index (χ3v) is 3.19. The van der Waals surface area contributed by atoms with Crippen molar-refractivity contribution in [2.75, 3.05) is 6.61 Å². The number of aliphatic hydroxyl groups excluding tert-OH is 1. The molecule has 0 radical (unpaired) electrons. The van der Waals surface area contributed by atoms with E-state index in [9.17, 15) is 9.90 Å². The second-order valence-electron chi connectivity index (χ2n) is 4.40. The van der Waals surface area contributed by atoms with Gasteiger partial charge in [-0.1, -0.05) is 38.7 Å². The van der Waals surface area contributed by atoms with Gasteiger partial charge in [-0.3, -0.25) is 4.79 Å². The standard InChI is InChI=1S/C12H21NO2/c1-2-11(15)13-12(10-14)8-6-4-3-5-7-9-12/h2,14H,1,3-10H2,(H,13,15). The monoisotopic (exact) mass is 211 g/mol. The van der Waals surface area contributed by atoms with E-state index in [2.05, 4.69) is 11.9 Å². The van der Waals surface area contributed by atoms with Crippen LogP contribution in [-0.4, -0.2) is 23.2 Å². The first-order valence-corrected chi connectivity index (χ1v) is 5.78. The molecule has 0 aliphatic heterocycles. The Kier molecular flexibility index (Phi) is 4.82. The number of nitrogens with one attached hydrogen (secondary N) is 1. The van der Waals surface area contributed by atoms with Crippen molar-refractivity contribution in [3.8, 4) is 0 Å². The smallest absolute Gasteiger partial charge is 0.243 e. The molecule has 1 aliphatic rings. The molecule has 15 heavy (non-hydrogen) atoms. The molecule has 1 saturated carbocycles. The van der Waals surface area contributed by atoms with Gasteiger partial charge in [0, 0.05) is 0 Å². The normalized spacial score (nSPS) is 21.1. The number of hydrogen-bond donors (Lipinski definition) is 2. The van der Waals surface area contributed by atoms with Crippen molar-refractivity contribution in [2.45, 2.75) is 50.5 Å². The fraction of sp³-hybridized carbons (Fsp3) is 0.750. The third-order valence-electron chi connectivity index (χ3n) is 3.19. The van der Waals surface area contributed by atoms with Gasteiger partial charge in [0.15, 0.2) is 0 Å². The number of aliphatic hydroxyl groups is 1. The van der Waals surface area contributed by atoms with Crippen LogP contribution in [0.25, 0.3) is 0 Å². The van der Waals surface area contributed by atoms with E-state index in [1.54, 1.807) is 0 Å². The fourth-order valence-corrected chi connectivity index (χ4v) is 2.22. The molecule has 3 nitrogen and oxygen atoms in total. The zero-order valence-electron chi connectivity index (χ0n) is 9.30. The predicted molar refractivity (Wildman–Crippen MR) is 60.5 cm³/mol. The molecule has 3 heteroatoms. The van der Waals surface area contributed by atoms with Crippen molar-refractivity contribution >= 4 is 5.91 Å². The van der Waals surface area contributed by atoms with Crippen LogP contribution in [0.1, 0.15) is 44.9 Å². The van der Waals surface area contributed by atoms with Gasteiger partial charge in [-0.15, -0.1) is 0 Å². The van der Waals surface area contributed by atoms with Crippen LogP contribution in [0.4, 0.5) is 0 Å². The lowest BCUT2D eigenvalue weighted by atomic mass is 9.84. The zero-order chi connectivity index (χ0) is 11.1. The number of carbonyl (C=O) groups is 1. The molecule has 86 valence electrons. The van der Waals surface area contributed by atoms with Crippen LogP contribution in [0.2, 0.25) is 0 Å². The zero-order valence-corrected chi connectivity index (χ0v) is 9.30. The molecule has 0 atom stereocenters. The summed E-state index contributed by atoms with van der Waals surface area (Å²) in [6, 6.07) is 0. The van der Waals surface area contributed by atoms with Gasteiger partial charge in [0.2, 0.25) is 5.91 Å². The topological polar surface area (TPSA) is 49.3 Å². The van der Waals surface area contributed by atoms with Crippen molar-refractivity contribution in [1.29, 1.82) is 0 Å². The van der Waals surface area contributed by atoms with Crippen LogP contribution < -0.4 is 5.32 Å². The molecule has 0 aromatic rings. The Balaban J connectivity index is 2.61. The van der Waals surface area contributed by atoms with Crippen LogP contribution in [0.3, 0.4) is 0 Å². The highest BCUT2D eigenvalue weighted by atomic mass is 16.3. The van der Waals surface area contributed by atoms with Crippen molar-refractivity contribution < 1.29 is 9.90 Å². The maximum absolute atomic E-state index is 11.3. The maximum Gasteiger partial charge on any atom is 0.243 e. The molecule has 0 heterocycles. The Hall–Kier alpha value is -0.830. The van der Waals surface area contributed by atoms with Gasteiger partial charge >= 0.3 is 0 Å². The van der Waals surface area contributed by atoms with E-state index in [1.807, 2.05) is 0 Å². The molecule has 2 N–H and O–H groups in total. The molecule has 1 rings (SSSR count). The van der Waals surface area contributed by atoms with Crippen molar-refractivity contribution in [2.24, 2.45) is 0 Å². The summed E-state index contributed by atoms with van der Waals surface area (Å²) in [6.07, 6.45) is 8.87. The molecule has 0 bridgehead atoms. The third kappa shape index (κ3) is 3.67. The Labute approximate surface area is 91.6 Å². The van der Waals surface area contributed by atoms with Crippen molar-refractivity contribution in [1.82, 2.24) is 5.32 Å². The Morgan fingerprint density at radius 2 is 1.80 bits per heavy atom. The fourth-order valence-electron chi connectivity index (χ4n) is 2.22. The second-order valence-corrected chi connectivity index (χ2v) is 4.40. The summed E-state index contributed by atoms with van der Waals surface area (Å²) >= 11 is 0. The van der Waals surface area contributed by atoms with Crippen LogP contribution in [0.15, 0.2) is 12.7 Å². The van der Waals surface area contributed by atoms with Crippen LogP contribution in [0, 0.1) is 0 Å². The lowest BCUT2D eigenvalue weighted by molar-refractivity contribution is -0.119. The number of amides is 1. The Morgan fingerprint density at radius 3 is 2.27 bits per heavy atom. The molecule has 0 spiro atoms. The van der Waals surface area contributed by atoms with E-state index < -0.39 is 5.54 Å². The molecule has 0 saturated heterocycles. The first-order chi connectivity index (χ1) is 7.22. The first kappa shape index (κ1) is 12.2. The lowest BCUT2D eigenvalue weighted by Gasteiger charge is -2.34. The highest BCUT2D eigenvalue weighted by Crippen LogP contribution is 2.25. The highest BCUT2D eigenvalue weighted by Gasteiger charge is 2.30. The number of hydrogen-bond acceptors (Lipinski definition) is 2. The SMILES string of the molecule is C=CC(=O)NC1(CO)CCCCCCC1. The molecule has 0 aromatic carbocycles. The van der Waals surface area contributed by atoms with E-state index in [1.165, 1.54) is 25.3 Å². The van der Waals surface area contributed by atoms with Crippen molar-refractivity contribution in [3.63, 3.8) is 0 Å². The lowest BCUT2D eigenvalue weighted by Crippen LogP contribution is -2.51. The van der Waals surface area contributed by atoms with Crippen LogP contribution in [0.5, 0.6) is 0 Å². The van der Waals surface area contributed by atoms with Gasteiger partial charge in [0.25, 0.3) is 0 Å². The average molecular weight is 211 g/mol. The van der Waals surface area contributed by atoms with Gasteiger partial charge in [0.05, 0.1) is 12.1 Å². The minimum absolute atomic E-state index is 0.0343. The van der Waals surface area contributed by atoms with Crippen LogP contribution >= 0.6 is 0 Å². The molecule has 1 fully saturated rings. The van der Waals surface area contributed by atoms with Gasteiger partial charge in [-0.25, -0.2) is 0 Å². The highest BCUT2D eigenvalue weighted by molar-refractivity contribution is 5.87. The van der Waals surface area contributed by atoms with E-state index in [0.29, 0.717) is 0 Å². The molecule has 1 amide bonds. The number of carbonyl (C=O) groups excluding carboxylic acids is 1. The summed E-state index contributed by atoms with van der Waals surface area (Å²) < 4.78 is 0. The van der Waals surface area contributed by atoms with Crippen LogP contribution in [-0.2, 0) is 4.79 Å². The maximum atomic E-state index is 11.3.